The number of nitrogens with one attached hydrogen (secondary N) is 2. The highest BCUT2D eigenvalue weighted by atomic mass is 16.5. The van der Waals surface area contributed by atoms with Gasteiger partial charge in [0.25, 0.3) is 5.91 Å². The highest BCUT2D eigenvalue weighted by Crippen LogP contribution is 2.23. The van der Waals surface area contributed by atoms with Gasteiger partial charge in [0.05, 0.1) is 19.2 Å². The lowest BCUT2D eigenvalue weighted by atomic mass is 10.1. The topological polar surface area (TPSA) is 97.6 Å². The van der Waals surface area contributed by atoms with E-state index in [2.05, 4.69) is 17.6 Å². The fourth-order valence-electron chi connectivity index (χ4n) is 2.39. The first kappa shape index (κ1) is 19.5. The number of hydrogen-bond acceptors (Lipinski definition) is 5. The number of aryl methyl sites for hydroxylation is 1. The van der Waals surface area contributed by atoms with Crippen LogP contribution in [0, 0.1) is 0 Å². The van der Waals surface area contributed by atoms with Crippen LogP contribution >= 0.6 is 0 Å². The number of fused-ring (bicyclic) bond motifs is 1. The molecule has 0 radical (unpaired) electrons. The number of esters is 1. The smallest absolute Gasteiger partial charge is 0.310 e. The minimum absolute atomic E-state index is 0.0166. The number of benzene rings is 1. The van der Waals surface area contributed by atoms with Crippen LogP contribution in [0.3, 0.4) is 0 Å². The van der Waals surface area contributed by atoms with Gasteiger partial charge in [-0.3, -0.25) is 14.4 Å². The van der Waals surface area contributed by atoms with E-state index in [0.29, 0.717) is 12.1 Å². The third-order valence-electron chi connectivity index (χ3n) is 3.85. The number of carbonyl (C=O) groups is 3. The van der Waals surface area contributed by atoms with E-state index >= 15 is 0 Å². The molecule has 0 bridgehead atoms. The molecule has 1 aromatic carbocycles. The SMILES string of the molecule is CCCNC(=O)CNC(=O)COC(=O)Cc1coc2cc(CC)ccc12. The van der Waals surface area contributed by atoms with E-state index < -0.39 is 18.5 Å². The molecule has 2 N–H and O–H groups in total. The average molecular weight is 360 g/mol. The number of ether oxygens (including phenoxy) is 1. The summed E-state index contributed by atoms with van der Waals surface area (Å²) in [6, 6.07) is 5.85. The second-order valence-electron chi connectivity index (χ2n) is 5.91. The maximum atomic E-state index is 11.9. The van der Waals surface area contributed by atoms with Gasteiger partial charge in [0, 0.05) is 17.5 Å². The van der Waals surface area contributed by atoms with Crippen molar-refractivity contribution in [3.05, 3.63) is 35.6 Å². The summed E-state index contributed by atoms with van der Waals surface area (Å²) in [7, 11) is 0. The quantitative estimate of drug-likeness (QED) is 0.664. The van der Waals surface area contributed by atoms with E-state index in [1.165, 1.54) is 6.26 Å². The van der Waals surface area contributed by atoms with Crippen LogP contribution in [-0.2, 0) is 32.0 Å². The van der Waals surface area contributed by atoms with E-state index in [4.69, 9.17) is 9.15 Å². The zero-order valence-electron chi connectivity index (χ0n) is 15.1. The first-order valence-corrected chi connectivity index (χ1v) is 8.71. The highest BCUT2D eigenvalue weighted by molar-refractivity contribution is 5.88. The molecule has 0 saturated heterocycles. The summed E-state index contributed by atoms with van der Waals surface area (Å²) in [6.07, 6.45) is 3.27. The summed E-state index contributed by atoms with van der Waals surface area (Å²) < 4.78 is 10.4. The first-order valence-electron chi connectivity index (χ1n) is 8.71. The van der Waals surface area contributed by atoms with Gasteiger partial charge >= 0.3 is 5.97 Å². The second kappa shape index (κ2) is 9.60. The third-order valence-corrected chi connectivity index (χ3v) is 3.85. The van der Waals surface area contributed by atoms with E-state index in [1.807, 2.05) is 25.1 Å². The Bertz CT molecular complexity index is 781. The van der Waals surface area contributed by atoms with Crippen molar-refractivity contribution in [1.29, 1.82) is 0 Å². The van der Waals surface area contributed by atoms with Gasteiger partial charge in [0.15, 0.2) is 6.61 Å². The fourth-order valence-corrected chi connectivity index (χ4v) is 2.39. The fraction of sp³-hybridized carbons (Fsp3) is 0.421. The largest absolute Gasteiger partial charge is 0.464 e. The van der Waals surface area contributed by atoms with Gasteiger partial charge in [0.1, 0.15) is 5.58 Å². The molecule has 26 heavy (non-hydrogen) atoms. The Morgan fingerprint density at radius 3 is 2.65 bits per heavy atom. The molecule has 0 atom stereocenters. The van der Waals surface area contributed by atoms with Crippen molar-refractivity contribution in [3.63, 3.8) is 0 Å². The third kappa shape index (κ3) is 5.61. The molecule has 0 unspecified atom stereocenters. The normalized spacial score (nSPS) is 10.5. The van der Waals surface area contributed by atoms with Crippen LogP contribution in [0.4, 0.5) is 0 Å². The second-order valence-corrected chi connectivity index (χ2v) is 5.91. The Morgan fingerprint density at radius 2 is 1.92 bits per heavy atom. The predicted molar refractivity (Wildman–Crippen MR) is 96.6 cm³/mol. The van der Waals surface area contributed by atoms with Crippen molar-refractivity contribution in [3.8, 4) is 0 Å². The first-order chi connectivity index (χ1) is 12.5. The van der Waals surface area contributed by atoms with Crippen molar-refractivity contribution < 1.29 is 23.5 Å². The Hall–Kier alpha value is -2.83. The molecule has 0 aliphatic heterocycles. The van der Waals surface area contributed by atoms with Gasteiger partial charge in [0.2, 0.25) is 5.91 Å². The number of rotatable bonds is 9. The molecule has 2 rings (SSSR count). The van der Waals surface area contributed by atoms with Crippen LogP contribution in [-0.4, -0.2) is 37.5 Å². The average Bonchev–Trinajstić information content (AvgIpc) is 3.04. The van der Waals surface area contributed by atoms with Gasteiger partial charge in [-0.1, -0.05) is 26.0 Å². The summed E-state index contributed by atoms with van der Waals surface area (Å²) in [5.74, 6) is -1.32. The zero-order valence-corrected chi connectivity index (χ0v) is 15.1. The van der Waals surface area contributed by atoms with Gasteiger partial charge in [-0.05, 0) is 24.5 Å². The molecule has 140 valence electrons. The van der Waals surface area contributed by atoms with Crippen molar-refractivity contribution in [2.24, 2.45) is 0 Å². The number of carbonyl (C=O) groups excluding carboxylic acids is 3. The Balaban J connectivity index is 1.78. The van der Waals surface area contributed by atoms with E-state index in [-0.39, 0.29) is 18.9 Å². The molecule has 2 aromatic rings. The van der Waals surface area contributed by atoms with Crippen LogP contribution in [0.5, 0.6) is 0 Å². The van der Waals surface area contributed by atoms with Crippen LogP contribution in [0.2, 0.25) is 0 Å². The molecular weight excluding hydrogens is 336 g/mol. The lowest BCUT2D eigenvalue weighted by Crippen LogP contribution is -2.39. The maximum Gasteiger partial charge on any atom is 0.310 e. The lowest BCUT2D eigenvalue weighted by molar-refractivity contribution is -0.147. The van der Waals surface area contributed by atoms with Gasteiger partial charge < -0.3 is 19.8 Å². The molecule has 0 fully saturated rings. The van der Waals surface area contributed by atoms with Crippen LogP contribution in [0.25, 0.3) is 11.0 Å². The molecular formula is C19H24N2O5. The lowest BCUT2D eigenvalue weighted by Gasteiger charge is -2.07. The predicted octanol–water partition coefficient (Wildman–Crippen LogP) is 1.72. The molecule has 0 saturated carbocycles. The molecule has 2 amide bonds. The maximum absolute atomic E-state index is 11.9. The summed E-state index contributed by atoms with van der Waals surface area (Å²) in [5, 5.41) is 5.89. The van der Waals surface area contributed by atoms with Crippen molar-refractivity contribution in [2.45, 2.75) is 33.1 Å². The zero-order chi connectivity index (χ0) is 18.9. The standard InChI is InChI=1S/C19H24N2O5/c1-3-7-20-17(22)10-21-18(23)12-26-19(24)9-14-11-25-16-8-13(4-2)5-6-15(14)16/h5-6,8,11H,3-4,7,9-10,12H2,1-2H3,(H,20,22)(H,21,23). The van der Waals surface area contributed by atoms with Crippen molar-refractivity contribution in [1.82, 2.24) is 10.6 Å². The van der Waals surface area contributed by atoms with Crippen LogP contribution in [0.1, 0.15) is 31.4 Å². The van der Waals surface area contributed by atoms with Crippen LogP contribution < -0.4 is 10.6 Å². The van der Waals surface area contributed by atoms with E-state index in [9.17, 15) is 14.4 Å². The molecule has 1 aromatic heterocycles. The van der Waals surface area contributed by atoms with Gasteiger partial charge in [-0.25, -0.2) is 0 Å². The Morgan fingerprint density at radius 1 is 1.12 bits per heavy atom. The Kier molecular flexibility index (Phi) is 7.20. The number of amides is 2. The molecule has 0 aliphatic carbocycles. The molecule has 7 heteroatoms. The minimum Gasteiger partial charge on any atom is -0.464 e. The van der Waals surface area contributed by atoms with Crippen molar-refractivity contribution >= 4 is 28.8 Å². The molecule has 0 aliphatic rings. The summed E-state index contributed by atoms with van der Waals surface area (Å²) >= 11 is 0. The summed E-state index contributed by atoms with van der Waals surface area (Å²) in [6.45, 7) is 3.99. The monoisotopic (exact) mass is 360 g/mol. The van der Waals surface area contributed by atoms with Gasteiger partial charge in [-0.2, -0.15) is 0 Å². The van der Waals surface area contributed by atoms with E-state index in [1.54, 1.807) is 0 Å². The number of furan rings is 1. The van der Waals surface area contributed by atoms with Gasteiger partial charge in [-0.15, -0.1) is 0 Å². The molecule has 7 nitrogen and oxygen atoms in total. The summed E-state index contributed by atoms with van der Waals surface area (Å²) in [5.41, 5.74) is 2.59. The highest BCUT2D eigenvalue weighted by Gasteiger charge is 2.13. The number of hydrogen-bond donors (Lipinski definition) is 2. The molecule has 1 heterocycles. The minimum atomic E-state index is -0.530. The molecule has 0 spiro atoms. The van der Waals surface area contributed by atoms with E-state index in [0.717, 1.165) is 29.4 Å². The Labute approximate surface area is 152 Å². The van der Waals surface area contributed by atoms with Crippen LogP contribution in [0.15, 0.2) is 28.9 Å². The van der Waals surface area contributed by atoms with Crippen molar-refractivity contribution in [2.75, 3.05) is 19.7 Å². The summed E-state index contributed by atoms with van der Waals surface area (Å²) in [4.78, 5) is 34.9.